The maximum Gasteiger partial charge on any atom is 0.183 e. The summed E-state index contributed by atoms with van der Waals surface area (Å²) >= 11 is 0. The Hall–Kier alpha value is -0.410. The lowest BCUT2D eigenvalue weighted by molar-refractivity contribution is -0.125. The molecule has 1 heterocycles. The first-order valence-electron chi connectivity index (χ1n) is 4.03. The smallest absolute Gasteiger partial charge is 0.183 e. The molecule has 2 fully saturated rings. The lowest BCUT2D eigenvalue weighted by Gasteiger charge is -2.22. The fourth-order valence-corrected chi connectivity index (χ4v) is 2.09. The normalized spacial score (nSPS) is 55.5. The van der Waals surface area contributed by atoms with Gasteiger partial charge in [0.15, 0.2) is 11.4 Å². The Morgan fingerprint density at radius 3 is 3.00 bits per heavy atom. The van der Waals surface area contributed by atoms with E-state index in [0.717, 1.165) is 6.42 Å². The first kappa shape index (κ1) is 7.25. The van der Waals surface area contributed by atoms with Crippen LogP contribution >= 0.6 is 0 Å². The predicted octanol–water partition coefficient (Wildman–Crippen LogP) is 0.0801. The third-order valence-corrected chi connectivity index (χ3v) is 2.83. The van der Waals surface area contributed by atoms with E-state index in [1.54, 1.807) is 0 Å². The summed E-state index contributed by atoms with van der Waals surface area (Å²) in [7, 11) is 0. The van der Waals surface area contributed by atoms with Crippen molar-refractivity contribution in [3.63, 3.8) is 0 Å². The molecule has 3 heteroatoms. The van der Waals surface area contributed by atoms with Crippen LogP contribution in [0.3, 0.4) is 0 Å². The molecule has 11 heavy (non-hydrogen) atoms. The van der Waals surface area contributed by atoms with Crippen molar-refractivity contribution in [3.05, 3.63) is 0 Å². The first-order valence-corrected chi connectivity index (χ1v) is 4.03. The Balaban J connectivity index is 2.23. The first-order chi connectivity index (χ1) is 5.05. The average Bonchev–Trinajstić information content (AvgIpc) is 2.60. The van der Waals surface area contributed by atoms with Crippen molar-refractivity contribution in [1.82, 2.24) is 0 Å². The quantitative estimate of drug-likeness (QED) is 0.504. The molecule has 0 radical (unpaired) electrons. The van der Waals surface area contributed by atoms with Crippen molar-refractivity contribution >= 4 is 5.78 Å². The maximum absolute atomic E-state index is 11.4. The van der Waals surface area contributed by atoms with E-state index in [-0.39, 0.29) is 17.9 Å². The Kier molecular flexibility index (Phi) is 1.22. The highest BCUT2D eigenvalue weighted by Gasteiger charge is 2.64. The van der Waals surface area contributed by atoms with Gasteiger partial charge in [0.1, 0.15) is 0 Å². The van der Waals surface area contributed by atoms with E-state index in [1.807, 2.05) is 6.92 Å². The van der Waals surface area contributed by atoms with Gasteiger partial charge in [0.25, 0.3) is 0 Å². The molecule has 1 aliphatic heterocycles. The monoisotopic (exact) mass is 155 g/mol. The minimum Gasteiger partial charge on any atom is -0.358 e. The summed E-state index contributed by atoms with van der Waals surface area (Å²) in [5.74, 6) is 0.522. The van der Waals surface area contributed by atoms with Gasteiger partial charge in [-0.2, -0.15) is 0 Å². The second-order valence-electron chi connectivity index (χ2n) is 3.83. The molecule has 0 aromatic heterocycles. The zero-order valence-corrected chi connectivity index (χ0v) is 6.83. The van der Waals surface area contributed by atoms with Crippen LogP contribution in [0, 0.1) is 5.92 Å². The van der Waals surface area contributed by atoms with Crippen LogP contribution in [-0.4, -0.2) is 23.5 Å². The number of Topliss-reactive ketones (excluding diaryl/α,β-unsaturated/α-hetero) is 1. The van der Waals surface area contributed by atoms with E-state index in [2.05, 4.69) is 6.92 Å². The van der Waals surface area contributed by atoms with E-state index in [4.69, 9.17) is 10.5 Å². The summed E-state index contributed by atoms with van der Waals surface area (Å²) in [6.07, 6.45) is 0.925. The van der Waals surface area contributed by atoms with Gasteiger partial charge in [0.2, 0.25) is 0 Å². The molecule has 1 saturated carbocycles. The third kappa shape index (κ3) is 0.781. The minimum absolute atomic E-state index is 0.0839. The number of epoxide rings is 1. The summed E-state index contributed by atoms with van der Waals surface area (Å²) < 4.78 is 5.33. The SMILES string of the molecule is CC1C[C@H](N)C(=O)[C@]2(C)OC12. The highest BCUT2D eigenvalue weighted by atomic mass is 16.6. The van der Waals surface area contributed by atoms with Gasteiger partial charge in [-0.15, -0.1) is 0 Å². The zero-order valence-electron chi connectivity index (χ0n) is 6.83. The number of hydrogen-bond donors (Lipinski definition) is 1. The van der Waals surface area contributed by atoms with E-state index in [0.29, 0.717) is 5.92 Å². The highest BCUT2D eigenvalue weighted by Crippen LogP contribution is 2.47. The summed E-state index contributed by atoms with van der Waals surface area (Å²) in [4.78, 5) is 11.4. The van der Waals surface area contributed by atoms with E-state index >= 15 is 0 Å². The molecule has 0 amide bonds. The number of hydrogen-bond acceptors (Lipinski definition) is 3. The van der Waals surface area contributed by atoms with Crippen LogP contribution in [0.4, 0.5) is 0 Å². The van der Waals surface area contributed by atoms with Crippen LogP contribution in [0.25, 0.3) is 0 Å². The van der Waals surface area contributed by atoms with Crippen molar-refractivity contribution in [2.45, 2.75) is 38.0 Å². The van der Waals surface area contributed by atoms with Crippen molar-refractivity contribution in [3.8, 4) is 0 Å². The van der Waals surface area contributed by atoms with Crippen molar-refractivity contribution in [1.29, 1.82) is 0 Å². The van der Waals surface area contributed by atoms with Crippen LogP contribution < -0.4 is 5.73 Å². The highest BCUT2D eigenvalue weighted by molar-refractivity contribution is 5.95. The average molecular weight is 155 g/mol. The topological polar surface area (TPSA) is 55.6 Å². The second kappa shape index (κ2) is 1.84. The fraction of sp³-hybridized carbons (Fsp3) is 0.875. The number of ketones is 1. The largest absolute Gasteiger partial charge is 0.358 e. The van der Waals surface area contributed by atoms with Gasteiger partial charge in [-0.25, -0.2) is 0 Å². The van der Waals surface area contributed by atoms with Gasteiger partial charge >= 0.3 is 0 Å². The van der Waals surface area contributed by atoms with Crippen molar-refractivity contribution < 1.29 is 9.53 Å². The molecule has 0 aromatic rings. The molecule has 3 nitrogen and oxygen atoms in total. The summed E-state index contributed by atoms with van der Waals surface area (Å²) in [5.41, 5.74) is 5.12. The van der Waals surface area contributed by atoms with Gasteiger partial charge in [-0.05, 0) is 19.3 Å². The Labute approximate surface area is 65.9 Å². The fourth-order valence-electron chi connectivity index (χ4n) is 2.09. The van der Waals surface area contributed by atoms with E-state index in [1.165, 1.54) is 0 Å². The molecule has 2 aliphatic rings. The second-order valence-corrected chi connectivity index (χ2v) is 3.83. The Morgan fingerprint density at radius 1 is 1.73 bits per heavy atom. The number of fused-ring (bicyclic) bond motifs is 1. The van der Waals surface area contributed by atoms with Gasteiger partial charge in [0.05, 0.1) is 12.1 Å². The molecule has 0 bridgehead atoms. The predicted molar refractivity (Wildman–Crippen MR) is 40.0 cm³/mol. The molecule has 1 saturated heterocycles. The number of carbonyl (C=O) groups excluding carboxylic acids is 1. The van der Waals surface area contributed by atoms with Crippen LogP contribution in [-0.2, 0) is 9.53 Å². The molecule has 2 unspecified atom stereocenters. The maximum atomic E-state index is 11.4. The van der Waals surface area contributed by atoms with Gasteiger partial charge < -0.3 is 10.5 Å². The number of nitrogens with two attached hydrogens (primary N) is 1. The molecule has 2 N–H and O–H groups in total. The number of rotatable bonds is 0. The molecule has 62 valence electrons. The van der Waals surface area contributed by atoms with Gasteiger partial charge in [-0.1, -0.05) is 6.92 Å². The molecular formula is C8H13NO2. The van der Waals surface area contributed by atoms with E-state index < -0.39 is 5.60 Å². The number of carbonyl (C=O) groups is 1. The minimum atomic E-state index is -0.517. The summed E-state index contributed by atoms with van der Waals surface area (Å²) in [6.45, 7) is 3.93. The summed E-state index contributed by atoms with van der Waals surface area (Å²) in [6, 6.07) is -0.297. The van der Waals surface area contributed by atoms with Gasteiger partial charge in [0, 0.05) is 0 Å². The standard InChI is InChI=1S/C8H13NO2/c1-4-3-5(9)6(10)8(2)7(4)11-8/h4-5,7H,3,9H2,1-2H3/t4?,5-,7?,8-/m0/s1. The number of ether oxygens (including phenoxy) is 1. The van der Waals surface area contributed by atoms with Crippen LogP contribution in [0.2, 0.25) is 0 Å². The van der Waals surface area contributed by atoms with Crippen LogP contribution in [0.5, 0.6) is 0 Å². The molecular weight excluding hydrogens is 142 g/mol. The molecule has 2 rings (SSSR count). The lowest BCUT2D eigenvalue weighted by Crippen LogP contribution is -2.46. The molecule has 0 aromatic carbocycles. The van der Waals surface area contributed by atoms with Crippen molar-refractivity contribution in [2.24, 2.45) is 11.7 Å². The van der Waals surface area contributed by atoms with Crippen molar-refractivity contribution in [2.75, 3.05) is 0 Å². The Morgan fingerprint density at radius 2 is 2.36 bits per heavy atom. The Bertz CT molecular complexity index is 216. The van der Waals surface area contributed by atoms with Crippen LogP contribution in [0.15, 0.2) is 0 Å². The summed E-state index contributed by atoms with van der Waals surface area (Å²) in [5, 5.41) is 0. The molecule has 0 spiro atoms. The lowest BCUT2D eigenvalue weighted by atomic mass is 9.80. The zero-order chi connectivity index (χ0) is 8.22. The molecule has 1 aliphatic carbocycles. The van der Waals surface area contributed by atoms with E-state index in [9.17, 15) is 4.79 Å². The molecule has 4 atom stereocenters. The van der Waals surface area contributed by atoms with Gasteiger partial charge in [-0.3, -0.25) is 4.79 Å². The third-order valence-electron chi connectivity index (χ3n) is 2.83. The van der Waals surface area contributed by atoms with Crippen LogP contribution in [0.1, 0.15) is 20.3 Å².